The van der Waals surface area contributed by atoms with Gasteiger partial charge in [0.05, 0.1) is 11.7 Å². The molecule has 0 spiro atoms. The number of nitrogens with one attached hydrogen (secondary N) is 2. The monoisotopic (exact) mass is 298 g/mol. The highest BCUT2D eigenvalue weighted by Gasteiger charge is 2.25. The number of sulfonamides is 1. The molecular formula is C13H18N2O4S. The van der Waals surface area contributed by atoms with E-state index < -0.39 is 10.0 Å². The topological polar surface area (TPSA) is 84.5 Å². The van der Waals surface area contributed by atoms with Crippen molar-refractivity contribution in [1.82, 2.24) is 10.0 Å². The van der Waals surface area contributed by atoms with Crippen LogP contribution in [0.3, 0.4) is 0 Å². The minimum Gasteiger partial charge on any atom is -0.492 e. The highest BCUT2D eigenvalue weighted by atomic mass is 32.2. The standard InChI is InChI=1S/C13H18N2O4S/c1-14-20(17,18)7-6-15-13(16)11-8-10-4-2-3-5-12(10)19-9-11/h2-5,11,14H,6-9H2,1H3,(H,15,16). The average Bonchev–Trinajstić information content (AvgIpc) is 2.46. The van der Waals surface area contributed by atoms with E-state index >= 15 is 0 Å². The molecule has 1 aliphatic rings. The van der Waals surface area contributed by atoms with Gasteiger partial charge in [-0.2, -0.15) is 0 Å². The van der Waals surface area contributed by atoms with Crippen LogP contribution in [0.2, 0.25) is 0 Å². The lowest BCUT2D eigenvalue weighted by Crippen LogP contribution is -2.40. The van der Waals surface area contributed by atoms with Crippen LogP contribution >= 0.6 is 0 Å². The maximum Gasteiger partial charge on any atom is 0.226 e. The molecule has 110 valence electrons. The van der Waals surface area contributed by atoms with Gasteiger partial charge in [-0.05, 0) is 25.1 Å². The van der Waals surface area contributed by atoms with Crippen LogP contribution in [0, 0.1) is 5.92 Å². The molecule has 1 aromatic rings. The summed E-state index contributed by atoms with van der Waals surface area (Å²) in [6.07, 6.45) is 0.612. The fourth-order valence-electron chi connectivity index (χ4n) is 2.05. The van der Waals surface area contributed by atoms with Gasteiger partial charge in [0.25, 0.3) is 0 Å². The summed E-state index contributed by atoms with van der Waals surface area (Å²) >= 11 is 0. The van der Waals surface area contributed by atoms with Crippen molar-refractivity contribution in [1.29, 1.82) is 0 Å². The minimum absolute atomic E-state index is 0.0974. The van der Waals surface area contributed by atoms with Gasteiger partial charge in [-0.15, -0.1) is 0 Å². The van der Waals surface area contributed by atoms with E-state index in [1.165, 1.54) is 7.05 Å². The average molecular weight is 298 g/mol. The molecule has 20 heavy (non-hydrogen) atoms. The van der Waals surface area contributed by atoms with Crippen molar-refractivity contribution in [3.8, 4) is 5.75 Å². The summed E-state index contributed by atoms with van der Waals surface area (Å²) in [5, 5.41) is 2.64. The van der Waals surface area contributed by atoms with Gasteiger partial charge in [0.15, 0.2) is 0 Å². The van der Waals surface area contributed by atoms with E-state index in [1.807, 2.05) is 24.3 Å². The van der Waals surface area contributed by atoms with Crippen molar-refractivity contribution in [3.63, 3.8) is 0 Å². The predicted molar refractivity (Wildman–Crippen MR) is 75.0 cm³/mol. The zero-order valence-corrected chi connectivity index (χ0v) is 12.1. The van der Waals surface area contributed by atoms with Gasteiger partial charge in [0, 0.05) is 6.54 Å². The summed E-state index contributed by atoms with van der Waals surface area (Å²) in [6, 6.07) is 7.60. The number of carbonyl (C=O) groups excluding carboxylic acids is 1. The zero-order chi connectivity index (χ0) is 14.6. The Morgan fingerprint density at radius 1 is 1.40 bits per heavy atom. The van der Waals surface area contributed by atoms with Crippen LogP contribution in [-0.4, -0.2) is 40.3 Å². The quantitative estimate of drug-likeness (QED) is 0.795. The fourth-order valence-corrected chi connectivity index (χ4v) is 2.63. The SMILES string of the molecule is CNS(=O)(=O)CCNC(=O)C1COc2ccccc2C1. The first-order valence-corrected chi connectivity index (χ1v) is 8.06. The molecule has 7 heteroatoms. The lowest BCUT2D eigenvalue weighted by Gasteiger charge is -2.24. The number of amides is 1. The Hall–Kier alpha value is -1.60. The summed E-state index contributed by atoms with van der Waals surface area (Å²) in [5.41, 5.74) is 1.00. The van der Waals surface area contributed by atoms with Gasteiger partial charge in [-0.1, -0.05) is 18.2 Å². The first-order valence-electron chi connectivity index (χ1n) is 6.41. The summed E-state index contributed by atoms with van der Waals surface area (Å²) in [6.45, 7) is 0.418. The molecule has 1 aliphatic heterocycles. The highest BCUT2D eigenvalue weighted by molar-refractivity contribution is 7.89. The number of hydrogen-bond donors (Lipinski definition) is 2. The molecule has 0 fully saturated rings. The van der Waals surface area contributed by atoms with E-state index in [0.717, 1.165) is 11.3 Å². The van der Waals surface area contributed by atoms with Crippen LogP contribution < -0.4 is 14.8 Å². The Labute approximate surface area is 118 Å². The van der Waals surface area contributed by atoms with Crippen molar-refractivity contribution < 1.29 is 17.9 Å². The Balaban J connectivity index is 1.86. The molecule has 1 aromatic carbocycles. The van der Waals surface area contributed by atoms with Gasteiger partial charge in [-0.25, -0.2) is 13.1 Å². The number of benzene rings is 1. The first-order chi connectivity index (χ1) is 9.52. The second-order valence-corrected chi connectivity index (χ2v) is 6.68. The molecule has 1 atom stereocenters. The molecule has 1 amide bonds. The van der Waals surface area contributed by atoms with Gasteiger partial charge in [0.1, 0.15) is 12.4 Å². The van der Waals surface area contributed by atoms with Crippen LogP contribution in [-0.2, 0) is 21.2 Å². The minimum atomic E-state index is -3.29. The zero-order valence-electron chi connectivity index (χ0n) is 11.3. The Morgan fingerprint density at radius 2 is 2.15 bits per heavy atom. The molecule has 0 aromatic heterocycles. The van der Waals surface area contributed by atoms with E-state index in [9.17, 15) is 13.2 Å². The van der Waals surface area contributed by atoms with Gasteiger partial charge in [-0.3, -0.25) is 4.79 Å². The molecular weight excluding hydrogens is 280 g/mol. The largest absolute Gasteiger partial charge is 0.492 e. The molecule has 2 rings (SSSR count). The normalized spacial score (nSPS) is 17.9. The number of hydrogen-bond acceptors (Lipinski definition) is 4. The third kappa shape index (κ3) is 3.71. The van der Waals surface area contributed by atoms with Crippen molar-refractivity contribution in [2.24, 2.45) is 5.92 Å². The summed E-state index contributed by atoms with van der Waals surface area (Å²) in [4.78, 5) is 12.0. The van der Waals surface area contributed by atoms with Crippen molar-refractivity contribution in [3.05, 3.63) is 29.8 Å². The van der Waals surface area contributed by atoms with Crippen molar-refractivity contribution >= 4 is 15.9 Å². The van der Waals surface area contributed by atoms with Crippen LogP contribution in [0.4, 0.5) is 0 Å². The first kappa shape index (κ1) is 14.8. The van der Waals surface area contributed by atoms with Crippen molar-refractivity contribution in [2.45, 2.75) is 6.42 Å². The fraction of sp³-hybridized carbons (Fsp3) is 0.462. The van der Waals surface area contributed by atoms with Crippen LogP contribution in [0.25, 0.3) is 0 Å². The smallest absolute Gasteiger partial charge is 0.226 e. The van der Waals surface area contributed by atoms with Crippen LogP contribution in [0.15, 0.2) is 24.3 Å². The molecule has 1 unspecified atom stereocenters. The van der Waals surface area contributed by atoms with E-state index in [4.69, 9.17) is 4.74 Å². The molecule has 0 bridgehead atoms. The van der Waals surface area contributed by atoms with Crippen LogP contribution in [0.5, 0.6) is 5.75 Å². The Morgan fingerprint density at radius 3 is 2.90 bits per heavy atom. The molecule has 0 saturated heterocycles. The van der Waals surface area contributed by atoms with E-state index in [-0.39, 0.29) is 24.1 Å². The molecule has 0 saturated carbocycles. The van der Waals surface area contributed by atoms with E-state index in [2.05, 4.69) is 10.0 Å². The maximum atomic E-state index is 12.0. The highest BCUT2D eigenvalue weighted by Crippen LogP contribution is 2.26. The van der Waals surface area contributed by atoms with Gasteiger partial charge < -0.3 is 10.1 Å². The van der Waals surface area contributed by atoms with Gasteiger partial charge >= 0.3 is 0 Å². The Kier molecular flexibility index (Phi) is 4.61. The molecule has 0 radical (unpaired) electrons. The van der Waals surface area contributed by atoms with Crippen LogP contribution in [0.1, 0.15) is 5.56 Å². The molecule has 1 heterocycles. The summed E-state index contributed by atoms with van der Waals surface area (Å²) in [7, 11) is -1.94. The number of carbonyl (C=O) groups is 1. The summed E-state index contributed by atoms with van der Waals surface area (Å²) < 4.78 is 30.2. The Bertz CT molecular complexity index is 586. The maximum absolute atomic E-state index is 12.0. The van der Waals surface area contributed by atoms with Gasteiger partial charge in [0.2, 0.25) is 15.9 Å². The number of ether oxygens (including phenoxy) is 1. The lowest BCUT2D eigenvalue weighted by molar-refractivity contribution is -0.126. The van der Waals surface area contributed by atoms with E-state index in [1.54, 1.807) is 0 Å². The van der Waals surface area contributed by atoms with Crippen molar-refractivity contribution in [2.75, 3.05) is 26.0 Å². The van der Waals surface area contributed by atoms with E-state index in [0.29, 0.717) is 13.0 Å². The lowest BCUT2D eigenvalue weighted by atomic mass is 9.96. The third-order valence-corrected chi connectivity index (χ3v) is 4.59. The number of fused-ring (bicyclic) bond motifs is 1. The predicted octanol–water partition coefficient (Wildman–Crippen LogP) is -0.0969. The molecule has 6 nitrogen and oxygen atoms in total. The second-order valence-electron chi connectivity index (χ2n) is 4.63. The summed E-state index contributed by atoms with van der Waals surface area (Å²) in [5.74, 6) is 0.238. The second kappa shape index (κ2) is 6.23. The number of para-hydroxylation sites is 1. The molecule has 0 aliphatic carbocycles. The molecule has 2 N–H and O–H groups in total. The third-order valence-electron chi connectivity index (χ3n) is 3.23. The number of rotatable bonds is 5.